The number of carbonyl (C=O) groups excluding carboxylic acids is 3. The number of aromatic hydroxyl groups is 1. The number of aliphatic carboxylic acids is 1. The number of benzene rings is 2. The number of carboxylic acid groups (broad SMARTS) is 1. The van der Waals surface area contributed by atoms with Crippen LogP contribution < -0.4 is 33.2 Å². The molecule has 0 radical (unpaired) electrons. The lowest BCUT2D eigenvalue weighted by molar-refractivity contribution is -0.142. The zero-order valence-electron chi connectivity index (χ0n) is 24.1. The van der Waals surface area contributed by atoms with Crippen molar-refractivity contribution in [2.45, 2.75) is 56.3 Å². The molecular weight excluding hydrogens is 574 g/mol. The molecule has 2 aromatic rings. The minimum atomic E-state index is -1.24. The van der Waals surface area contributed by atoms with Gasteiger partial charge in [-0.15, -0.1) is 0 Å². The lowest BCUT2D eigenvalue weighted by atomic mass is 10.0. The predicted octanol–water partition coefficient (Wildman–Crippen LogP) is -0.150. The van der Waals surface area contributed by atoms with Crippen molar-refractivity contribution in [3.05, 3.63) is 65.7 Å². The maximum atomic E-state index is 13.4. The highest BCUT2D eigenvalue weighted by molar-refractivity contribution is 7.98. The third kappa shape index (κ3) is 13.0. The second-order valence-electron chi connectivity index (χ2n) is 9.92. The first-order chi connectivity index (χ1) is 20.5. The van der Waals surface area contributed by atoms with Gasteiger partial charge in [-0.1, -0.05) is 42.5 Å². The summed E-state index contributed by atoms with van der Waals surface area (Å²) in [7, 11) is 0. The van der Waals surface area contributed by atoms with Crippen molar-refractivity contribution in [1.82, 2.24) is 16.0 Å². The van der Waals surface area contributed by atoms with Crippen molar-refractivity contribution in [2.75, 3.05) is 18.6 Å². The highest BCUT2D eigenvalue weighted by Gasteiger charge is 2.30. The van der Waals surface area contributed by atoms with Crippen LogP contribution in [0, 0.1) is 0 Å². The summed E-state index contributed by atoms with van der Waals surface area (Å²) in [6, 6.07) is 10.8. The molecule has 0 heterocycles. The normalized spacial score (nSPS) is 13.5. The third-order valence-corrected chi connectivity index (χ3v) is 7.09. The summed E-state index contributed by atoms with van der Waals surface area (Å²) in [5.74, 6) is -2.60. The molecular formula is C29H41N7O6S. The van der Waals surface area contributed by atoms with Crippen LogP contribution in [0.5, 0.6) is 5.75 Å². The number of amides is 3. The lowest BCUT2D eigenvalue weighted by Gasteiger charge is -2.25. The van der Waals surface area contributed by atoms with Crippen LogP contribution in [-0.2, 0) is 32.0 Å². The van der Waals surface area contributed by atoms with Gasteiger partial charge in [-0.05, 0) is 61.0 Å². The van der Waals surface area contributed by atoms with Gasteiger partial charge in [-0.2, -0.15) is 11.8 Å². The van der Waals surface area contributed by atoms with Gasteiger partial charge in [0.15, 0.2) is 5.96 Å². The van der Waals surface area contributed by atoms with Crippen molar-refractivity contribution >= 4 is 41.4 Å². The van der Waals surface area contributed by atoms with Crippen LogP contribution in [0.1, 0.15) is 30.4 Å². The minimum Gasteiger partial charge on any atom is -0.508 e. The summed E-state index contributed by atoms with van der Waals surface area (Å²) in [5.41, 5.74) is 18.3. The number of aliphatic imine (C=N–C) groups is 1. The average molecular weight is 616 g/mol. The van der Waals surface area contributed by atoms with E-state index in [0.717, 1.165) is 5.56 Å². The van der Waals surface area contributed by atoms with Crippen LogP contribution in [0.25, 0.3) is 0 Å². The van der Waals surface area contributed by atoms with Gasteiger partial charge in [0.1, 0.15) is 23.9 Å². The molecule has 0 aliphatic carbocycles. The maximum Gasteiger partial charge on any atom is 0.326 e. The smallest absolute Gasteiger partial charge is 0.326 e. The largest absolute Gasteiger partial charge is 0.508 e. The Hall–Kier alpha value is -4.30. The van der Waals surface area contributed by atoms with E-state index in [1.165, 1.54) is 23.9 Å². The molecule has 0 aliphatic rings. The van der Waals surface area contributed by atoms with Crippen molar-refractivity contribution in [2.24, 2.45) is 22.2 Å². The number of phenols is 1. The molecule has 234 valence electrons. The lowest BCUT2D eigenvalue weighted by Crippen LogP contribution is -2.57. The standard InChI is InChI=1S/C29H41N7O6S/c1-43-15-13-23(34-25(38)21(30)16-19-9-11-20(37)12-10-19)27(40)35-22(8-5-14-33-29(31)32)26(39)36-24(28(41)42)17-18-6-3-2-4-7-18/h2-4,6-7,9-12,21-24,37H,5,8,13-17,30H2,1H3,(H,34,38)(H,35,40)(H,36,39)(H,41,42)(H4,31,32,33)/t21-,22+,23+,24-/m1/s1. The number of carbonyl (C=O) groups is 4. The van der Waals surface area contributed by atoms with E-state index in [4.69, 9.17) is 17.2 Å². The van der Waals surface area contributed by atoms with E-state index in [2.05, 4.69) is 20.9 Å². The number of hydrogen-bond acceptors (Lipinski definition) is 8. The van der Waals surface area contributed by atoms with E-state index in [9.17, 15) is 29.4 Å². The van der Waals surface area contributed by atoms with E-state index >= 15 is 0 Å². The number of carboxylic acids is 1. The Morgan fingerprint density at radius 1 is 0.814 bits per heavy atom. The molecule has 2 aromatic carbocycles. The Labute approximate surface area is 255 Å². The van der Waals surface area contributed by atoms with Gasteiger partial charge in [-0.3, -0.25) is 19.4 Å². The summed E-state index contributed by atoms with van der Waals surface area (Å²) < 4.78 is 0. The monoisotopic (exact) mass is 615 g/mol. The van der Waals surface area contributed by atoms with Gasteiger partial charge in [0.05, 0.1) is 6.04 Å². The molecule has 3 amide bonds. The van der Waals surface area contributed by atoms with Gasteiger partial charge in [-0.25, -0.2) is 4.79 Å². The Morgan fingerprint density at radius 2 is 1.37 bits per heavy atom. The fourth-order valence-electron chi connectivity index (χ4n) is 4.13. The molecule has 0 unspecified atom stereocenters. The van der Waals surface area contributed by atoms with E-state index in [1.54, 1.807) is 42.5 Å². The zero-order chi connectivity index (χ0) is 31.8. The summed E-state index contributed by atoms with van der Waals surface area (Å²) in [4.78, 5) is 55.5. The zero-order valence-corrected chi connectivity index (χ0v) is 24.9. The SMILES string of the molecule is CSCC[C@H](NC(=O)[C@H](N)Cc1ccc(O)cc1)C(=O)N[C@@H](CCCN=C(N)N)C(=O)N[C@H](Cc1ccccc1)C(=O)O. The molecule has 0 saturated carbocycles. The topological polar surface area (TPSA) is 235 Å². The Morgan fingerprint density at radius 3 is 1.95 bits per heavy atom. The molecule has 0 spiro atoms. The number of nitrogens with zero attached hydrogens (tertiary/aromatic N) is 1. The first-order valence-corrected chi connectivity index (χ1v) is 15.1. The number of guanidine groups is 1. The molecule has 43 heavy (non-hydrogen) atoms. The third-order valence-electron chi connectivity index (χ3n) is 6.45. The van der Waals surface area contributed by atoms with Crippen molar-refractivity contribution in [3.63, 3.8) is 0 Å². The molecule has 13 nitrogen and oxygen atoms in total. The van der Waals surface area contributed by atoms with Gasteiger partial charge >= 0.3 is 5.97 Å². The van der Waals surface area contributed by atoms with Crippen molar-refractivity contribution < 1.29 is 29.4 Å². The van der Waals surface area contributed by atoms with E-state index in [0.29, 0.717) is 17.7 Å². The number of thioether (sulfide) groups is 1. The number of nitrogens with two attached hydrogens (primary N) is 3. The van der Waals surface area contributed by atoms with Crippen LogP contribution in [-0.4, -0.2) is 82.6 Å². The molecule has 4 atom stereocenters. The first-order valence-electron chi connectivity index (χ1n) is 13.8. The highest BCUT2D eigenvalue weighted by atomic mass is 32.2. The summed E-state index contributed by atoms with van der Waals surface area (Å²) >= 11 is 1.47. The van der Waals surface area contributed by atoms with Crippen LogP contribution in [0.15, 0.2) is 59.6 Å². The summed E-state index contributed by atoms with van der Waals surface area (Å²) in [6.07, 6.45) is 2.76. The van der Waals surface area contributed by atoms with Gasteiger partial charge in [0.2, 0.25) is 17.7 Å². The van der Waals surface area contributed by atoms with Gasteiger partial charge in [0, 0.05) is 13.0 Å². The second kappa shape index (κ2) is 18.3. The summed E-state index contributed by atoms with van der Waals surface area (Å²) in [5, 5.41) is 27.1. The molecule has 2 rings (SSSR count). The number of nitrogens with one attached hydrogen (secondary N) is 3. The Kier molecular flexibility index (Phi) is 14.8. The van der Waals surface area contributed by atoms with Crippen molar-refractivity contribution in [3.8, 4) is 5.75 Å². The Balaban J connectivity index is 2.15. The quantitative estimate of drug-likeness (QED) is 0.0627. The molecule has 0 fully saturated rings. The predicted molar refractivity (Wildman–Crippen MR) is 166 cm³/mol. The molecule has 0 aliphatic heterocycles. The van der Waals surface area contributed by atoms with Crippen molar-refractivity contribution in [1.29, 1.82) is 0 Å². The molecule has 0 bridgehead atoms. The van der Waals surface area contributed by atoms with Crippen LogP contribution in [0.4, 0.5) is 0 Å². The average Bonchev–Trinajstić information content (AvgIpc) is 2.97. The van der Waals surface area contributed by atoms with E-state index in [1.807, 2.05) is 6.26 Å². The van der Waals surface area contributed by atoms with Crippen LogP contribution in [0.2, 0.25) is 0 Å². The fraction of sp³-hybridized carbons (Fsp3) is 0.414. The molecule has 0 aromatic heterocycles. The van der Waals surface area contributed by atoms with Crippen LogP contribution in [0.3, 0.4) is 0 Å². The Bertz CT molecular complexity index is 1230. The minimum absolute atomic E-state index is 0.0436. The second-order valence-corrected chi connectivity index (χ2v) is 10.9. The maximum absolute atomic E-state index is 13.4. The summed E-state index contributed by atoms with van der Waals surface area (Å²) in [6.45, 7) is 0.188. The molecule has 11 N–H and O–H groups in total. The number of rotatable bonds is 18. The number of hydrogen-bond donors (Lipinski definition) is 8. The van der Waals surface area contributed by atoms with Crippen LogP contribution >= 0.6 is 11.8 Å². The molecule has 0 saturated heterocycles. The van der Waals surface area contributed by atoms with E-state index in [-0.39, 0.29) is 43.9 Å². The highest BCUT2D eigenvalue weighted by Crippen LogP contribution is 2.12. The van der Waals surface area contributed by atoms with Gasteiger partial charge < -0.3 is 43.4 Å². The van der Waals surface area contributed by atoms with Gasteiger partial charge in [0.25, 0.3) is 0 Å². The first kappa shape index (κ1) is 34.9. The molecule has 14 heteroatoms. The number of phenolic OH excluding ortho intramolecular Hbond substituents is 1. The van der Waals surface area contributed by atoms with E-state index < -0.39 is 47.9 Å². The fourth-order valence-corrected chi connectivity index (χ4v) is 4.60.